The molecule has 1 atom stereocenters. The first-order valence-corrected chi connectivity index (χ1v) is 4.45. The molecule has 0 fully saturated rings. The Morgan fingerprint density at radius 2 is 2.25 bits per heavy atom. The Kier molecular flexibility index (Phi) is 3.42. The molecular weight excluding hydrogens is 172 g/mol. The summed E-state index contributed by atoms with van der Waals surface area (Å²) in [6.07, 6.45) is 0. The third kappa shape index (κ3) is 3.14. The van der Waals surface area contributed by atoms with Crippen LogP contribution in [-0.2, 0) is 0 Å². The van der Waals surface area contributed by atoms with Crippen LogP contribution in [0.4, 0.5) is 0 Å². The van der Waals surface area contributed by atoms with Crippen molar-refractivity contribution in [3.8, 4) is 5.75 Å². The maximum absolute atomic E-state index is 5.74. The molecule has 1 aromatic rings. The van der Waals surface area contributed by atoms with Gasteiger partial charge in [0.05, 0.1) is 5.38 Å². The van der Waals surface area contributed by atoms with E-state index in [9.17, 15) is 0 Å². The van der Waals surface area contributed by atoms with Crippen LogP contribution in [0, 0.1) is 6.92 Å². The summed E-state index contributed by atoms with van der Waals surface area (Å²) < 4.78 is 5.42. The van der Waals surface area contributed by atoms with Crippen molar-refractivity contribution in [3.05, 3.63) is 29.8 Å². The van der Waals surface area contributed by atoms with Crippen molar-refractivity contribution in [2.45, 2.75) is 19.2 Å². The van der Waals surface area contributed by atoms with Crippen LogP contribution in [-0.4, -0.2) is 12.0 Å². The number of benzene rings is 1. The van der Waals surface area contributed by atoms with Crippen LogP contribution >= 0.6 is 11.6 Å². The molecule has 0 aliphatic rings. The van der Waals surface area contributed by atoms with Gasteiger partial charge < -0.3 is 4.74 Å². The van der Waals surface area contributed by atoms with Gasteiger partial charge in [-0.25, -0.2) is 0 Å². The van der Waals surface area contributed by atoms with Gasteiger partial charge in [0, 0.05) is 0 Å². The Morgan fingerprint density at radius 1 is 1.50 bits per heavy atom. The first-order valence-electron chi connectivity index (χ1n) is 4.02. The smallest absolute Gasteiger partial charge is 0.119 e. The highest BCUT2D eigenvalue weighted by atomic mass is 35.5. The molecule has 0 saturated carbocycles. The van der Waals surface area contributed by atoms with E-state index in [0.717, 1.165) is 5.75 Å². The summed E-state index contributed by atoms with van der Waals surface area (Å²) in [5, 5.41) is 0.0607. The van der Waals surface area contributed by atoms with Crippen LogP contribution in [0.2, 0.25) is 0 Å². The zero-order valence-electron chi connectivity index (χ0n) is 7.38. The van der Waals surface area contributed by atoms with Crippen molar-refractivity contribution in [1.29, 1.82) is 0 Å². The van der Waals surface area contributed by atoms with Gasteiger partial charge >= 0.3 is 0 Å². The Morgan fingerprint density at radius 3 is 2.83 bits per heavy atom. The zero-order chi connectivity index (χ0) is 8.97. The monoisotopic (exact) mass is 184 g/mol. The highest BCUT2D eigenvalue weighted by molar-refractivity contribution is 6.20. The van der Waals surface area contributed by atoms with E-state index >= 15 is 0 Å². The van der Waals surface area contributed by atoms with E-state index in [1.807, 2.05) is 38.1 Å². The largest absolute Gasteiger partial charge is 0.492 e. The fourth-order valence-corrected chi connectivity index (χ4v) is 0.979. The van der Waals surface area contributed by atoms with E-state index in [0.29, 0.717) is 6.61 Å². The van der Waals surface area contributed by atoms with Gasteiger partial charge in [0.25, 0.3) is 0 Å². The summed E-state index contributed by atoms with van der Waals surface area (Å²) in [7, 11) is 0. The molecule has 0 saturated heterocycles. The molecule has 0 aliphatic carbocycles. The topological polar surface area (TPSA) is 9.23 Å². The van der Waals surface area contributed by atoms with Gasteiger partial charge in [-0.15, -0.1) is 11.6 Å². The molecular formula is C10H13ClO. The molecule has 12 heavy (non-hydrogen) atoms. The number of hydrogen-bond donors (Lipinski definition) is 0. The minimum Gasteiger partial charge on any atom is -0.492 e. The van der Waals surface area contributed by atoms with Gasteiger partial charge in [0.2, 0.25) is 0 Å². The highest BCUT2D eigenvalue weighted by Crippen LogP contribution is 2.12. The second-order valence-corrected chi connectivity index (χ2v) is 3.65. The van der Waals surface area contributed by atoms with E-state index in [4.69, 9.17) is 16.3 Å². The van der Waals surface area contributed by atoms with E-state index in [-0.39, 0.29) is 5.38 Å². The number of hydrogen-bond acceptors (Lipinski definition) is 1. The van der Waals surface area contributed by atoms with Crippen LogP contribution < -0.4 is 4.74 Å². The molecule has 1 rings (SSSR count). The lowest BCUT2D eigenvalue weighted by atomic mass is 10.2. The zero-order valence-corrected chi connectivity index (χ0v) is 8.14. The van der Waals surface area contributed by atoms with Gasteiger partial charge in [-0.2, -0.15) is 0 Å². The number of alkyl halides is 1. The molecule has 0 aliphatic heterocycles. The lowest BCUT2D eigenvalue weighted by Crippen LogP contribution is -2.07. The molecule has 66 valence electrons. The molecule has 0 radical (unpaired) electrons. The minimum atomic E-state index is 0.0607. The second kappa shape index (κ2) is 4.36. The maximum atomic E-state index is 5.74. The summed E-state index contributed by atoms with van der Waals surface area (Å²) >= 11 is 5.74. The predicted octanol–water partition coefficient (Wildman–Crippen LogP) is 3.00. The Balaban J connectivity index is 2.52. The molecule has 0 N–H and O–H groups in total. The first-order chi connectivity index (χ1) is 5.68. The standard InChI is InChI=1S/C10H13ClO/c1-8-4-3-5-10(6-8)12-7-9(2)11/h3-6,9H,7H2,1-2H3. The van der Waals surface area contributed by atoms with E-state index in [1.54, 1.807) is 0 Å². The fraction of sp³-hybridized carbons (Fsp3) is 0.400. The molecule has 0 aromatic heterocycles. The predicted molar refractivity (Wildman–Crippen MR) is 52.0 cm³/mol. The fourth-order valence-electron chi connectivity index (χ4n) is 0.916. The molecule has 1 aromatic carbocycles. The molecule has 1 unspecified atom stereocenters. The molecule has 2 heteroatoms. The van der Waals surface area contributed by atoms with Crippen molar-refractivity contribution in [2.75, 3.05) is 6.61 Å². The van der Waals surface area contributed by atoms with Crippen LogP contribution in [0.5, 0.6) is 5.75 Å². The Labute approximate surface area is 78.3 Å². The third-order valence-electron chi connectivity index (χ3n) is 1.47. The van der Waals surface area contributed by atoms with Crippen molar-refractivity contribution in [1.82, 2.24) is 0 Å². The highest BCUT2D eigenvalue weighted by Gasteiger charge is 1.97. The minimum absolute atomic E-state index is 0.0607. The average Bonchev–Trinajstić information content (AvgIpc) is 2.01. The summed E-state index contributed by atoms with van der Waals surface area (Å²) in [6, 6.07) is 7.95. The summed E-state index contributed by atoms with van der Waals surface area (Å²) in [5.41, 5.74) is 1.20. The first kappa shape index (κ1) is 9.40. The summed E-state index contributed by atoms with van der Waals surface area (Å²) in [4.78, 5) is 0. The average molecular weight is 185 g/mol. The molecule has 0 spiro atoms. The third-order valence-corrected chi connectivity index (χ3v) is 1.60. The van der Waals surface area contributed by atoms with E-state index in [1.165, 1.54) is 5.56 Å². The van der Waals surface area contributed by atoms with Crippen LogP contribution in [0.3, 0.4) is 0 Å². The van der Waals surface area contributed by atoms with Crippen LogP contribution in [0.1, 0.15) is 12.5 Å². The normalized spacial score (nSPS) is 12.6. The SMILES string of the molecule is Cc1cccc(OCC(C)Cl)c1. The van der Waals surface area contributed by atoms with E-state index < -0.39 is 0 Å². The summed E-state index contributed by atoms with van der Waals surface area (Å²) in [6.45, 7) is 4.51. The van der Waals surface area contributed by atoms with Crippen molar-refractivity contribution >= 4 is 11.6 Å². The lowest BCUT2D eigenvalue weighted by molar-refractivity contribution is 0.320. The molecule has 0 bridgehead atoms. The van der Waals surface area contributed by atoms with E-state index in [2.05, 4.69) is 0 Å². The quantitative estimate of drug-likeness (QED) is 0.657. The number of ether oxygens (including phenoxy) is 1. The second-order valence-electron chi connectivity index (χ2n) is 2.91. The Bertz CT molecular complexity index is 245. The molecule has 0 heterocycles. The number of rotatable bonds is 3. The summed E-state index contributed by atoms with van der Waals surface area (Å²) in [5.74, 6) is 0.891. The molecule has 0 amide bonds. The lowest BCUT2D eigenvalue weighted by Gasteiger charge is -2.07. The number of aryl methyl sites for hydroxylation is 1. The molecule has 1 nitrogen and oxygen atoms in total. The van der Waals surface area contributed by atoms with Gasteiger partial charge in [-0.1, -0.05) is 12.1 Å². The van der Waals surface area contributed by atoms with Gasteiger partial charge in [0.15, 0.2) is 0 Å². The van der Waals surface area contributed by atoms with Crippen LogP contribution in [0.15, 0.2) is 24.3 Å². The Hall–Kier alpha value is -0.690. The van der Waals surface area contributed by atoms with Gasteiger partial charge in [0.1, 0.15) is 12.4 Å². The van der Waals surface area contributed by atoms with Crippen molar-refractivity contribution in [3.63, 3.8) is 0 Å². The van der Waals surface area contributed by atoms with Gasteiger partial charge in [-0.05, 0) is 31.5 Å². The van der Waals surface area contributed by atoms with Crippen molar-refractivity contribution in [2.24, 2.45) is 0 Å². The number of halogens is 1. The van der Waals surface area contributed by atoms with Crippen molar-refractivity contribution < 1.29 is 4.74 Å². The maximum Gasteiger partial charge on any atom is 0.119 e. The van der Waals surface area contributed by atoms with Gasteiger partial charge in [-0.3, -0.25) is 0 Å². The van der Waals surface area contributed by atoms with Crippen LogP contribution in [0.25, 0.3) is 0 Å².